The van der Waals surface area contributed by atoms with Crippen LogP contribution in [0.3, 0.4) is 0 Å². The molecule has 0 saturated carbocycles. The first kappa shape index (κ1) is 15.7. The SMILES string of the molecule is CC(C)(C)C(=O)N(c1ccccn1)c1cc(Cl)nc(Cl)n1. The average Bonchev–Trinajstić information content (AvgIpc) is 2.38. The molecule has 0 unspecified atom stereocenters. The van der Waals surface area contributed by atoms with Gasteiger partial charge in [-0.15, -0.1) is 0 Å². The predicted octanol–water partition coefficient (Wildman–Crippen LogP) is 3.89. The lowest BCUT2D eigenvalue weighted by atomic mass is 9.94. The van der Waals surface area contributed by atoms with Gasteiger partial charge in [-0.3, -0.25) is 4.79 Å². The van der Waals surface area contributed by atoms with Gasteiger partial charge in [0, 0.05) is 17.7 Å². The van der Waals surface area contributed by atoms with Crippen LogP contribution in [-0.4, -0.2) is 20.9 Å². The van der Waals surface area contributed by atoms with Crippen LogP contribution in [0.25, 0.3) is 0 Å². The van der Waals surface area contributed by atoms with Crippen molar-refractivity contribution in [3.8, 4) is 0 Å². The Balaban J connectivity index is 2.58. The standard InChI is InChI=1S/C14H14Cl2N4O/c1-14(2,3)12(21)20(10-6-4-5-7-17-10)11-8-9(15)18-13(16)19-11/h4-8H,1-3H3. The third-order valence-corrected chi connectivity index (χ3v) is 2.97. The number of nitrogens with zero attached hydrogens (tertiary/aromatic N) is 4. The van der Waals surface area contributed by atoms with Crippen LogP contribution in [0.1, 0.15) is 20.8 Å². The van der Waals surface area contributed by atoms with Gasteiger partial charge in [-0.05, 0) is 23.7 Å². The predicted molar refractivity (Wildman–Crippen MR) is 82.9 cm³/mol. The van der Waals surface area contributed by atoms with E-state index >= 15 is 0 Å². The van der Waals surface area contributed by atoms with E-state index in [9.17, 15) is 4.79 Å². The lowest BCUT2D eigenvalue weighted by Crippen LogP contribution is -2.37. The summed E-state index contributed by atoms with van der Waals surface area (Å²) in [6.07, 6.45) is 1.60. The molecule has 0 atom stereocenters. The van der Waals surface area contributed by atoms with E-state index in [1.165, 1.54) is 11.0 Å². The number of aromatic nitrogens is 3. The van der Waals surface area contributed by atoms with Crippen molar-refractivity contribution in [2.75, 3.05) is 4.90 Å². The van der Waals surface area contributed by atoms with Crippen molar-refractivity contribution in [1.29, 1.82) is 0 Å². The Labute approximate surface area is 133 Å². The van der Waals surface area contributed by atoms with Crippen molar-refractivity contribution in [1.82, 2.24) is 15.0 Å². The van der Waals surface area contributed by atoms with E-state index < -0.39 is 5.41 Å². The average molecular weight is 325 g/mol. The fourth-order valence-corrected chi connectivity index (χ4v) is 2.04. The lowest BCUT2D eigenvalue weighted by molar-refractivity contribution is -0.125. The van der Waals surface area contributed by atoms with Gasteiger partial charge < -0.3 is 0 Å². The molecule has 7 heteroatoms. The number of anilines is 2. The summed E-state index contributed by atoms with van der Waals surface area (Å²) in [6.45, 7) is 5.45. The zero-order valence-electron chi connectivity index (χ0n) is 11.8. The highest BCUT2D eigenvalue weighted by atomic mass is 35.5. The topological polar surface area (TPSA) is 59.0 Å². The highest BCUT2D eigenvalue weighted by molar-refractivity contribution is 6.32. The van der Waals surface area contributed by atoms with Crippen LogP contribution in [-0.2, 0) is 4.79 Å². The van der Waals surface area contributed by atoms with Crippen LogP contribution in [0.15, 0.2) is 30.5 Å². The van der Waals surface area contributed by atoms with E-state index in [1.807, 2.05) is 20.8 Å². The molecule has 21 heavy (non-hydrogen) atoms. The van der Waals surface area contributed by atoms with Gasteiger partial charge in [0.1, 0.15) is 16.8 Å². The normalized spacial score (nSPS) is 11.3. The third kappa shape index (κ3) is 3.68. The van der Waals surface area contributed by atoms with Crippen LogP contribution in [0.4, 0.5) is 11.6 Å². The number of rotatable bonds is 2. The molecule has 2 aromatic rings. The Kier molecular flexibility index (Phi) is 4.44. The van der Waals surface area contributed by atoms with Crippen LogP contribution >= 0.6 is 23.2 Å². The summed E-state index contributed by atoms with van der Waals surface area (Å²) in [7, 11) is 0. The smallest absolute Gasteiger partial charge is 0.239 e. The zero-order valence-corrected chi connectivity index (χ0v) is 13.4. The van der Waals surface area contributed by atoms with Crippen molar-refractivity contribution in [2.24, 2.45) is 5.41 Å². The second kappa shape index (κ2) is 5.95. The minimum Gasteiger partial charge on any atom is -0.273 e. The maximum atomic E-state index is 12.7. The minimum absolute atomic E-state index is 0.0276. The van der Waals surface area contributed by atoms with Crippen molar-refractivity contribution in [2.45, 2.75) is 20.8 Å². The number of carbonyl (C=O) groups is 1. The van der Waals surface area contributed by atoms with E-state index in [0.717, 1.165) is 0 Å². The Morgan fingerprint density at radius 2 is 1.86 bits per heavy atom. The summed E-state index contributed by atoms with van der Waals surface area (Å²) in [5, 5.41) is 0.132. The summed E-state index contributed by atoms with van der Waals surface area (Å²) in [6, 6.07) is 6.75. The van der Waals surface area contributed by atoms with Gasteiger partial charge in [0.05, 0.1) is 0 Å². The molecule has 0 fully saturated rings. The molecular formula is C14H14Cl2N4O. The fraction of sp³-hybridized carbons (Fsp3) is 0.286. The summed E-state index contributed by atoms with van der Waals surface area (Å²) in [5.74, 6) is 0.564. The van der Waals surface area contributed by atoms with Crippen molar-refractivity contribution in [3.05, 3.63) is 40.9 Å². The Bertz CT molecular complexity index is 636. The molecule has 2 heterocycles. The Hall–Kier alpha value is -1.72. The van der Waals surface area contributed by atoms with Crippen LogP contribution in [0.2, 0.25) is 10.4 Å². The number of pyridine rings is 1. The van der Waals surface area contributed by atoms with Gasteiger partial charge in [-0.1, -0.05) is 38.4 Å². The summed E-state index contributed by atoms with van der Waals surface area (Å²) in [5.41, 5.74) is -0.624. The lowest BCUT2D eigenvalue weighted by Gasteiger charge is -2.27. The molecule has 2 rings (SSSR count). The van der Waals surface area contributed by atoms with Crippen molar-refractivity contribution >= 4 is 40.7 Å². The van der Waals surface area contributed by atoms with Gasteiger partial charge in [-0.25, -0.2) is 14.9 Å². The molecule has 0 saturated heterocycles. The second-order valence-electron chi connectivity index (χ2n) is 5.40. The fourth-order valence-electron chi connectivity index (χ4n) is 1.64. The molecule has 0 aliphatic carbocycles. The van der Waals surface area contributed by atoms with Crippen LogP contribution in [0, 0.1) is 5.41 Å². The highest BCUT2D eigenvalue weighted by Gasteiger charge is 2.31. The summed E-state index contributed by atoms with van der Waals surface area (Å²) >= 11 is 11.7. The van der Waals surface area contributed by atoms with Gasteiger partial charge in [0.2, 0.25) is 11.2 Å². The van der Waals surface area contributed by atoms with E-state index in [-0.39, 0.29) is 16.3 Å². The first-order chi connectivity index (χ1) is 9.79. The molecular weight excluding hydrogens is 311 g/mol. The largest absolute Gasteiger partial charge is 0.273 e. The van der Waals surface area contributed by atoms with E-state index in [4.69, 9.17) is 23.2 Å². The number of halogens is 2. The van der Waals surface area contributed by atoms with Gasteiger partial charge in [-0.2, -0.15) is 4.98 Å². The van der Waals surface area contributed by atoms with Crippen molar-refractivity contribution < 1.29 is 4.79 Å². The number of hydrogen-bond donors (Lipinski definition) is 0. The van der Waals surface area contributed by atoms with Gasteiger partial charge in [0.25, 0.3) is 0 Å². The number of amides is 1. The second-order valence-corrected chi connectivity index (χ2v) is 6.12. The molecule has 0 N–H and O–H groups in total. The highest BCUT2D eigenvalue weighted by Crippen LogP contribution is 2.30. The molecule has 0 spiro atoms. The molecule has 5 nitrogen and oxygen atoms in total. The Morgan fingerprint density at radius 1 is 1.14 bits per heavy atom. The molecule has 110 valence electrons. The molecule has 2 aromatic heterocycles. The van der Waals surface area contributed by atoms with E-state index in [1.54, 1.807) is 24.4 Å². The van der Waals surface area contributed by atoms with E-state index in [0.29, 0.717) is 11.6 Å². The summed E-state index contributed by atoms with van der Waals surface area (Å²) in [4.78, 5) is 26.2. The molecule has 0 aromatic carbocycles. The van der Waals surface area contributed by atoms with Crippen molar-refractivity contribution in [3.63, 3.8) is 0 Å². The number of carbonyl (C=O) groups excluding carboxylic acids is 1. The van der Waals surface area contributed by atoms with Crippen LogP contribution in [0.5, 0.6) is 0 Å². The number of hydrogen-bond acceptors (Lipinski definition) is 4. The zero-order chi connectivity index (χ0) is 15.6. The van der Waals surface area contributed by atoms with Gasteiger partial charge >= 0.3 is 0 Å². The first-order valence-electron chi connectivity index (χ1n) is 6.25. The van der Waals surface area contributed by atoms with Crippen LogP contribution < -0.4 is 4.90 Å². The third-order valence-electron chi connectivity index (χ3n) is 2.61. The molecule has 0 aliphatic rings. The van der Waals surface area contributed by atoms with Gasteiger partial charge in [0.15, 0.2) is 0 Å². The molecule has 0 aliphatic heterocycles. The maximum absolute atomic E-state index is 12.7. The van der Waals surface area contributed by atoms with E-state index in [2.05, 4.69) is 15.0 Å². The molecule has 0 bridgehead atoms. The molecule has 0 radical (unpaired) electrons. The molecule has 1 amide bonds. The monoisotopic (exact) mass is 324 g/mol. The quantitative estimate of drug-likeness (QED) is 0.621. The maximum Gasteiger partial charge on any atom is 0.239 e. The Morgan fingerprint density at radius 3 is 2.38 bits per heavy atom. The summed E-state index contributed by atoms with van der Waals surface area (Å²) < 4.78 is 0. The minimum atomic E-state index is -0.624. The first-order valence-corrected chi connectivity index (χ1v) is 7.00.